The second-order valence-corrected chi connectivity index (χ2v) is 11.8. The maximum atomic E-state index is 13.9. The predicted molar refractivity (Wildman–Crippen MR) is 168 cm³/mol. The molecule has 0 unspecified atom stereocenters. The number of hydrogen-bond donors (Lipinski definition) is 4. The lowest BCUT2D eigenvalue weighted by atomic mass is 9.81. The maximum absolute atomic E-state index is 13.9. The van der Waals surface area contributed by atoms with Crippen LogP contribution in [0.4, 0.5) is 0 Å². The van der Waals surface area contributed by atoms with Crippen LogP contribution in [0.5, 0.6) is 23.0 Å². The van der Waals surface area contributed by atoms with Crippen LogP contribution in [0.3, 0.4) is 0 Å². The third-order valence-corrected chi connectivity index (χ3v) is 8.03. The number of phenols is 2. The molecule has 2 heterocycles. The van der Waals surface area contributed by atoms with Crippen LogP contribution in [-0.2, 0) is 30.5 Å². The number of ether oxygens (including phenoxy) is 2. The number of aromatic nitrogens is 1. The standard InChI is InChI=1S/C35H42N2O6/c1-22(2)13-29-26(6-8-31(39)35(29)43-4)18-28(16-25-10-12-37-21-25)33(41)19-32(40)27(15-24-9-11-36-20-24)14-23-5-7-30(38)34(17-23)42-3/h5-12,17,20-22,27-28,33,37,41H,13-16,18-19H2,1-4H3,(H-,38,39)/p+1/t27-,28+,33+/m0/s1. The number of aliphatic hydroxyl groups is 1. The van der Waals surface area contributed by atoms with Gasteiger partial charge in [0.1, 0.15) is 17.9 Å². The highest BCUT2D eigenvalue weighted by atomic mass is 16.5. The van der Waals surface area contributed by atoms with Gasteiger partial charge in [-0.2, -0.15) is 0 Å². The van der Waals surface area contributed by atoms with Gasteiger partial charge in [-0.1, -0.05) is 26.0 Å². The molecule has 228 valence electrons. The normalized spacial score (nSPS) is 14.7. The molecule has 0 saturated heterocycles. The molecule has 4 N–H and O–H groups in total. The highest BCUT2D eigenvalue weighted by Gasteiger charge is 2.30. The summed E-state index contributed by atoms with van der Waals surface area (Å²) in [7, 11) is 3.05. The molecule has 1 aliphatic heterocycles. The van der Waals surface area contributed by atoms with Gasteiger partial charge in [0.2, 0.25) is 0 Å². The number of benzene rings is 2. The van der Waals surface area contributed by atoms with Crippen molar-refractivity contribution in [2.45, 2.75) is 58.5 Å². The molecule has 1 aromatic heterocycles. The van der Waals surface area contributed by atoms with Crippen molar-refractivity contribution in [3.05, 3.63) is 89.2 Å². The van der Waals surface area contributed by atoms with Crippen LogP contribution in [-0.4, -0.2) is 52.6 Å². The number of Topliss-reactive ketones (excluding diaryl/α,β-unsaturated/α-hetero) is 1. The van der Waals surface area contributed by atoms with Crippen molar-refractivity contribution in [2.75, 3.05) is 14.2 Å². The fourth-order valence-electron chi connectivity index (χ4n) is 5.82. The summed E-state index contributed by atoms with van der Waals surface area (Å²) < 4.78 is 10.9. The van der Waals surface area contributed by atoms with Crippen molar-refractivity contribution in [1.82, 2.24) is 4.98 Å². The number of aromatic hydroxyl groups is 2. The van der Waals surface area contributed by atoms with Crippen molar-refractivity contribution < 1.29 is 29.6 Å². The van der Waals surface area contributed by atoms with Crippen molar-refractivity contribution >= 4 is 12.0 Å². The number of aromatic amines is 1. The molecule has 43 heavy (non-hydrogen) atoms. The number of phenolic OH excluding ortho intramolecular Hbond substituents is 2. The molecule has 0 amide bonds. The van der Waals surface area contributed by atoms with Gasteiger partial charge in [-0.15, -0.1) is 4.99 Å². The minimum Gasteiger partial charge on any atom is -0.504 e. The lowest BCUT2D eigenvalue weighted by molar-refractivity contribution is -0.125. The second-order valence-electron chi connectivity index (χ2n) is 11.8. The summed E-state index contributed by atoms with van der Waals surface area (Å²) in [5, 5.41) is 32.2. The van der Waals surface area contributed by atoms with Gasteiger partial charge < -0.3 is 29.8 Å². The molecule has 0 bridgehead atoms. The summed E-state index contributed by atoms with van der Waals surface area (Å²) in [6, 6.07) is 10.6. The van der Waals surface area contributed by atoms with Crippen LogP contribution in [0, 0.1) is 24.3 Å². The molecule has 0 fully saturated rings. The molecular weight excluding hydrogens is 544 g/mol. The molecule has 8 nitrogen and oxygen atoms in total. The quantitative estimate of drug-likeness (QED) is 0.157. The number of carbonyl (C=O) groups excluding carboxylic acids is 1. The van der Waals surface area contributed by atoms with E-state index in [2.05, 4.69) is 23.8 Å². The van der Waals surface area contributed by atoms with Gasteiger partial charge in [0.05, 0.1) is 26.4 Å². The average molecular weight is 588 g/mol. The van der Waals surface area contributed by atoms with Crippen molar-refractivity contribution in [3.8, 4) is 23.0 Å². The van der Waals surface area contributed by atoms with Crippen molar-refractivity contribution in [3.63, 3.8) is 0 Å². The number of carbonyl (C=O) groups is 1. The highest BCUT2D eigenvalue weighted by Crippen LogP contribution is 2.36. The van der Waals surface area contributed by atoms with E-state index in [0.717, 1.165) is 27.8 Å². The Bertz CT molecular complexity index is 1430. The molecule has 2 aromatic carbocycles. The number of nitrogens with one attached hydrogen (secondary N) is 1. The summed E-state index contributed by atoms with van der Waals surface area (Å²) in [4.78, 5) is 21.2. The number of nitrogens with zero attached hydrogens (tertiary/aromatic N) is 1. The van der Waals surface area contributed by atoms with E-state index in [9.17, 15) is 20.1 Å². The number of aliphatic imine (C=N–C) groups is 1. The van der Waals surface area contributed by atoms with Gasteiger partial charge in [0.25, 0.3) is 0 Å². The molecule has 0 spiro atoms. The minimum absolute atomic E-state index is 0.00214. The first-order chi connectivity index (χ1) is 20.7. The van der Waals surface area contributed by atoms with Crippen LogP contribution in [0.15, 0.2) is 65.4 Å². The zero-order valence-corrected chi connectivity index (χ0v) is 25.4. The molecule has 1 aliphatic rings. The Hall–Kier alpha value is -4.17. The third kappa shape index (κ3) is 8.45. The van der Waals surface area contributed by atoms with Crippen LogP contribution in [0.25, 0.3) is 0 Å². The smallest absolute Gasteiger partial charge is 0.176 e. The van der Waals surface area contributed by atoms with Crippen molar-refractivity contribution in [1.29, 1.82) is 0 Å². The number of rotatable bonds is 16. The zero-order valence-electron chi connectivity index (χ0n) is 25.4. The highest BCUT2D eigenvalue weighted by molar-refractivity contribution is 5.86. The fraction of sp³-hybridized carbons (Fsp3) is 0.400. The number of methoxy groups -OCH3 is 2. The molecule has 4 rings (SSSR count). The van der Waals surface area contributed by atoms with E-state index >= 15 is 0 Å². The first-order valence-electron chi connectivity index (χ1n) is 14.8. The lowest BCUT2D eigenvalue weighted by Gasteiger charge is -2.26. The van der Waals surface area contributed by atoms with Gasteiger partial charge in [0.15, 0.2) is 29.2 Å². The molecule has 8 heteroatoms. The number of H-pyrrole nitrogens is 1. The van der Waals surface area contributed by atoms with Gasteiger partial charge in [-0.05, 0) is 78.5 Å². The van der Waals surface area contributed by atoms with Crippen LogP contribution < -0.4 is 9.47 Å². The van der Waals surface area contributed by atoms with Crippen LogP contribution >= 0.6 is 0 Å². The lowest BCUT2D eigenvalue weighted by Crippen LogP contribution is -2.31. The Morgan fingerprint density at radius 2 is 1.74 bits per heavy atom. The maximum Gasteiger partial charge on any atom is 0.176 e. The zero-order chi connectivity index (χ0) is 30.9. The van der Waals surface area contributed by atoms with Gasteiger partial charge in [-0.25, -0.2) is 0 Å². The summed E-state index contributed by atoms with van der Waals surface area (Å²) in [6.45, 7) is 5.94. The van der Waals surface area contributed by atoms with E-state index in [1.807, 2.05) is 30.6 Å². The Morgan fingerprint density at radius 3 is 2.40 bits per heavy atom. The van der Waals surface area contributed by atoms with E-state index in [4.69, 9.17) is 9.47 Å². The van der Waals surface area contributed by atoms with E-state index in [0.29, 0.717) is 49.5 Å². The van der Waals surface area contributed by atoms with Crippen molar-refractivity contribution in [2.24, 2.45) is 22.7 Å². The fourth-order valence-corrected chi connectivity index (χ4v) is 5.82. The SMILES string of the molecule is COc1cc(C[C@@H](CC2=C[CH+]N=C2)C(=O)C[C@@H](O)[C@H](Cc2cc[nH]c2)Cc2ccc(O)c(OC)c2CC(C)C)ccc1O. The first kappa shape index (κ1) is 31.8. The molecule has 3 atom stereocenters. The van der Waals surface area contributed by atoms with Gasteiger partial charge in [-0.3, -0.25) is 4.79 Å². The summed E-state index contributed by atoms with van der Waals surface area (Å²) >= 11 is 0. The van der Waals surface area contributed by atoms with E-state index < -0.39 is 12.0 Å². The molecule has 0 aliphatic carbocycles. The summed E-state index contributed by atoms with van der Waals surface area (Å²) in [5.41, 5.74) is 4.78. The topological polar surface area (TPSA) is 124 Å². The summed E-state index contributed by atoms with van der Waals surface area (Å²) in [5.74, 6) is 0.591. The van der Waals surface area contributed by atoms with E-state index in [1.165, 1.54) is 7.11 Å². The van der Waals surface area contributed by atoms with Gasteiger partial charge >= 0.3 is 0 Å². The Kier molecular flexibility index (Phi) is 11.0. The second kappa shape index (κ2) is 14.8. The van der Waals surface area contributed by atoms with Crippen LogP contribution in [0.2, 0.25) is 0 Å². The summed E-state index contributed by atoms with van der Waals surface area (Å²) in [6.07, 6.45) is 9.26. The number of aliphatic hydroxyl groups excluding tert-OH is 1. The average Bonchev–Trinajstić information content (AvgIpc) is 3.69. The largest absolute Gasteiger partial charge is 0.504 e. The number of allylic oxidation sites excluding steroid dienone is 1. The van der Waals surface area contributed by atoms with Crippen LogP contribution in [0.1, 0.15) is 48.9 Å². The molecular formula is C35H43N2O6+. The Balaban J connectivity index is 1.59. The molecule has 0 radical (unpaired) electrons. The van der Waals surface area contributed by atoms with E-state index in [-0.39, 0.29) is 29.6 Å². The Morgan fingerprint density at radius 1 is 0.953 bits per heavy atom. The first-order valence-corrected chi connectivity index (χ1v) is 14.8. The molecule has 0 saturated carbocycles. The third-order valence-electron chi connectivity index (χ3n) is 8.03. The van der Waals surface area contributed by atoms with E-state index in [1.54, 1.807) is 44.1 Å². The Labute approximate surface area is 254 Å². The van der Waals surface area contributed by atoms with Gasteiger partial charge in [0, 0.05) is 36.7 Å². The monoisotopic (exact) mass is 587 g/mol. The molecule has 3 aromatic rings. The number of ketones is 1. The number of hydrogen-bond acceptors (Lipinski definition) is 7. The minimum atomic E-state index is -0.899. The predicted octanol–water partition coefficient (Wildman–Crippen LogP) is 5.78.